The number of fused-ring (bicyclic) bond motifs is 2. The molecule has 45 heavy (non-hydrogen) atoms. The van der Waals surface area contributed by atoms with Gasteiger partial charge in [-0.25, -0.2) is 8.42 Å². The number of hydrogen-bond donors (Lipinski definition) is 2. The zero-order valence-corrected chi connectivity index (χ0v) is 24.3. The van der Waals surface area contributed by atoms with E-state index >= 15 is 0 Å². The Labute approximate surface area is 257 Å². The van der Waals surface area contributed by atoms with Crippen LogP contribution in [0.25, 0.3) is 0 Å². The maximum Gasteiger partial charge on any atom is 0.239 e. The van der Waals surface area contributed by atoms with Gasteiger partial charge in [0.1, 0.15) is 0 Å². The predicted octanol–water partition coefficient (Wildman–Crippen LogP) is 3.14. The molecule has 10 nitrogen and oxygen atoms in total. The zero-order valence-electron chi connectivity index (χ0n) is 23.5. The lowest BCUT2D eigenvalue weighted by Crippen LogP contribution is -2.36. The van der Waals surface area contributed by atoms with Crippen molar-refractivity contribution in [2.75, 3.05) is 0 Å². The lowest BCUT2D eigenvalue weighted by atomic mass is 10.0. The summed E-state index contributed by atoms with van der Waals surface area (Å²) in [5.41, 5.74) is 0.981. The first-order valence-corrected chi connectivity index (χ1v) is 15.4. The van der Waals surface area contributed by atoms with Crippen molar-refractivity contribution in [3.8, 4) is 0 Å². The number of hydrogen-bond acceptors (Lipinski definition) is 8. The maximum absolute atomic E-state index is 13.6. The Balaban J connectivity index is 1.21. The van der Waals surface area contributed by atoms with Crippen LogP contribution >= 0.6 is 0 Å². The molecule has 2 unspecified atom stereocenters. The highest BCUT2D eigenvalue weighted by molar-refractivity contribution is 7.91. The van der Waals surface area contributed by atoms with E-state index in [1.54, 1.807) is 60.7 Å². The first-order valence-electron chi connectivity index (χ1n) is 13.9. The summed E-state index contributed by atoms with van der Waals surface area (Å²) in [5, 5.41) is 5.16. The summed E-state index contributed by atoms with van der Waals surface area (Å²) in [4.78, 5) is 77.2. The molecule has 0 aromatic heterocycles. The molecule has 11 heteroatoms. The van der Waals surface area contributed by atoms with Crippen LogP contribution in [0.5, 0.6) is 0 Å². The number of ketones is 4. The molecule has 2 amide bonds. The minimum Gasteiger partial charge on any atom is -0.351 e. The third kappa shape index (κ3) is 5.27. The van der Waals surface area contributed by atoms with Gasteiger partial charge in [0.15, 0.2) is 35.0 Å². The van der Waals surface area contributed by atoms with Crippen LogP contribution in [0.15, 0.2) is 107 Å². The summed E-state index contributed by atoms with van der Waals surface area (Å²) >= 11 is 0. The van der Waals surface area contributed by atoms with Gasteiger partial charge in [0.25, 0.3) is 0 Å². The minimum atomic E-state index is -4.36. The van der Waals surface area contributed by atoms with Crippen LogP contribution in [0.3, 0.4) is 0 Å². The van der Waals surface area contributed by atoms with Gasteiger partial charge in [0.05, 0.1) is 9.79 Å². The number of Topliss-reactive ketones (excluding diaryl/α,β-unsaturated/α-hetero) is 4. The third-order valence-electron chi connectivity index (χ3n) is 7.86. The van der Waals surface area contributed by atoms with E-state index in [9.17, 15) is 37.2 Å². The highest BCUT2D eigenvalue weighted by Crippen LogP contribution is 2.34. The van der Waals surface area contributed by atoms with Crippen molar-refractivity contribution in [1.82, 2.24) is 10.6 Å². The highest BCUT2D eigenvalue weighted by Gasteiger charge is 2.45. The summed E-state index contributed by atoms with van der Waals surface area (Å²) in [7, 11) is -4.36. The van der Waals surface area contributed by atoms with E-state index < -0.39 is 56.6 Å². The van der Waals surface area contributed by atoms with Crippen LogP contribution in [0.2, 0.25) is 0 Å². The SMILES string of the molecule is O=C(NCc1ccccc1)C1C(=O)c2ccc(S(=O)(=O)c3ccc4c(c3)C(=O)C(C(=O)NCc3ccccc3)C4=O)cc2C1=O. The summed E-state index contributed by atoms with van der Waals surface area (Å²) in [6, 6.07) is 24.5. The van der Waals surface area contributed by atoms with Crippen molar-refractivity contribution in [3.05, 3.63) is 130 Å². The van der Waals surface area contributed by atoms with Crippen molar-refractivity contribution < 1.29 is 37.2 Å². The molecule has 4 aromatic rings. The van der Waals surface area contributed by atoms with Crippen LogP contribution < -0.4 is 10.6 Å². The molecule has 0 aliphatic heterocycles. The number of rotatable bonds is 8. The van der Waals surface area contributed by atoms with E-state index in [4.69, 9.17) is 0 Å². The molecular weight excluding hydrogens is 596 g/mol. The molecule has 0 spiro atoms. The Hall–Kier alpha value is -5.55. The Kier molecular flexibility index (Phi) is 7.55. The lowest BCUT2D eigenvalue weighted by molar-refractivity contribution is -0.123. The third-order valence-corrected chi connectivity index (χ3v) is 9.61. The molecule has 6 rings (SSSR count). The number of sulfone groups is 1. The average Bonchev–Trinajstić information content (AvgIpc) is 3.46. The largest absolute Gasteiger partial charge is 0.351 e. The molecule has 2 atom stereocenters. The molecule has 0 heterocycles. The summed E-state index contributed by atoms with van der Waals surface area (Å²) in [5.74, 6) is -7.98. The number of carbonyl (C=O) groups is 6. The molecule has 4 aromatic carbocycles. The van der Waals surface area contributed by atoms with Gasteiger partial charge < -0.3 is 10.6 Å². The second-order valence-corrected chi connectivity index (χ2v) is 12.6. The second kappa shape index (κ2) is 11.5. The van der Waals surface area contributed by atoms with E-state index in [-0.39, 0.29) is 45.1 Å². The smallest absolute Gasteiger partial charge is 0.239 e. The van der Waals surface area contributed by atoms with Crippen molar-refractivity contribution in [2.45, 2.75) is 22.9 Å². The number of benzene rings is 4. The Morgan fingerprint density at radius 3 is 1.24 bits per heavy atom. The van der Waals surface area contributed by atoms with Crippen LogP contribution in [-0.4, -0.2) is 43.4 Å². The fourth-order valence-corrected chi connectivity index (χ4v) is 6.78. The Morgan fingerprint density at radius 1 is 0.511 bits per heavy atom. The quantitative estimate of drug-likeness (QED) is 0.284. The number of amides is 2. The van der Waals surface area contributed by atoms with Gasteiger partial charge in [-0.3, -0.25) is 28.8 Å². The molecule has 0 radical (unpaired) electrons. The van der Waals surface area contributed by atoms with Crippen molar-refractivity contribution >= 4 is 44.8 Å². The zero-order chi connectivity index (χ0) is 31.9. The standard InChI is InChI=1S/C34H24N2O8S/c37-29-23-13-11-21(15-25(23)31(39)27(29)33(41)35-17-19-7-3-1-4-8-19)45(43,44)22-12-14-24-26(16-22)32(40)28(30(24)38)34(42)36-18-20-9-5-2-6-10-20/h1-16,27-28H,17-18H2,(H,35,41)(H,36,42). The van der Waals surface area contributed by atoms with Gasteiger partial charge in [0.2, 0.25) is 21.7 Å². The Morgan fingerprint density at radius 2 is 0.867 bits per heavy atom. The van der Waals surface area contributed by atoms with Crippen LogP contribution in [-0.2, 0) is 32.5 Å². The minimum absolute atomic E-state index is 0.0714. The van der Waals surface area contributed by atoms with Crippen molar-refractivity contribution in [3.63, 3.8) is 0 Å². The molecule has 0 bridgehead atoms. The molecule has 0 saturated carbocycles. The molecule has 0 saturated heterocycles. The molecule has 2 aliphatic carbocycles. The summed E-state index contributed by atoms with van der Waals surface area (Å²) < 4.78 is 27.2. The fraction of sp³-hybridized carbons (Fsp3) is 0.118. The van der Waals surface area contributed by atoms with E-state index in [1.807, 2.05) is 0 Å². The summed E-state index contributed by atoms with van der Waals surface area (Å²) in [6.07, 6.45) is 0. The van der Waals surface area contributed by atoms with Crippen molar-refractivity contribution in [2.24, 2.45) is 11.8 Å². The fourth-order valence-electron chi connectivity index (χ4n) is 5.47. The maximum atomic E-state index is 13.6. The Bertz CT molecular complexity index is 1900. The average molecular weight is 621 g/mol. The van der Waals surface area contributed by atoms with Crippen LogP contribution in [0.4, 0.5) is 0 Å². The number of nitrogens with one attached hydrogen (secondary N) is 2. The van der Waals surface area contributed by atoms with Gasteiger partial charge in [-0.05, 0) is 47.5 Å². The van der Waals surface area contributed by atoms with Crippen LogP contribution in [0, 0.1) is 11.8 Å². The van der Waals surface area contributed by atoms with Gasteiger partial charge in [-0.15, -0.1) is 0 Å². The van der Waals surface area contributed by atoms with Crippen molar-refractivity contribution in [1.29, 1.82) is 0 Å². The molecular formula is C34H24N2O8S. The summed E-state index contributed by atoms with van der Waals surface area (Å²) in [6.45, 7) is 0.198. The first kappa shape index (κ1) is 29.5. The van der Waals surface area contributed by atoms with E-state index in [0.29, 0.717) is 0 Å². The lowest BCUT2D eigenvalue weighted by Gasteiger charge is -2.09. The van der Waals surface area contributed by atoms with E-state index in [1.165, 1.54) is 12.1 Å². The van der Waals surface area contributed by atoms with Crippen LogP contribution in [0.1, 0.15) is 52.6 Å². The second-order valence-electron chi connectivity index (χ2n) is 10.6. The van der Waals surface area contributed by atoms with Gasteiger partial charge in [-0.1, -0.05) is 60.7 Å². The monoisotopic (exact) mass is 620 g/mol. The molecule has 2 N–H and O–H groups in total. The number of carbonyl (C=O) groups excluding carboxylic acids is 6. The normalized spacial score (nSPS) is 17.2. The highest BCUT2D eigenvalue weighted by atomic mass is 32.2. The van der Waals surface area contributed by atoms with Gasteiger partial charge in [0, 0.05) is 35.3 Å². The van der Waals surface area contributed by atoms with E-state index in [2.05, 4.69) is 10.6 Å². The topological polar surface area (TPSA) is 161 Å². The first-order chi connectivity index (χ1) is 21.6. The van der Waals surface area contributed by atoms with E-state index in [0.717, 1.165) is 35.4 Å². The molecule has 2 aliphatic rings. The van der Waals surface area contributed by atoms with Gasteiger partial charge >= 0.3 is 0 Å². The molecule has 224 valence electrons. The van der Waals surface area contributed by atoms with Gasteiger partial charge in [-0.2, -0.15) is 0 Å². The molecule has 0 fully saturated rings. The predicted molar refractivity (Wildman–Crippen MR) is 159 cm³/mol.